The fraction of sp³-hybridized carbons (Fsp3) is 0.905. The number of hydrogen-bond acceptors (Lipinski definition) is 12. The molecule has 1 aromatic rings. The molecule has 1 rings (SSSR count). The Morgan fingerprint density at radius 1 is 0.282 bits per heavy atom. The molecule has 0 amide bonds. The number of esters is 3. The summed E-state index contributed by atoms with van der Waals surface area (Å²) in [6.45, 7) is 5.31. The third-order valence-corrected chi connectivity index (χ3v) is 17.9. The Morgan fingerprint density at radius 3 is 0.654 bits per heavy atom. The Bertz CT molecular complexity index is 1510. The van der Waals surface area contributed by atoms with E-state index in [1.54, 1.807) is 35.3 Å². The van der Waals surface area contributed by atoms with Gasteiger partial charge in [-0.2, -0.15) is 35.3 Å². The number of unbranched alkanes of at least 4 members (excludes halogenated alkanes) is 36. The highest BCUT2D eigenvalue weighted by molar-refractivity contribution is 7.99. The Morgan fingerprint density at radius 2 is 0.462 bits per heavy atom. The number of nitrogens with zero attached hydrogens (tertiary/aromatic N) is 3. The summed E-state index contributed by atoms with van der Waals surface area (Å²) in [4.78, 5) is 78.8. The molecule has 0 aromatic carbocycles. The van der Waals surface area contributed by atoms with Gasteiger partial charge < -0.3 is 14.2 Å². The molecule has 1 aromatic heterocycles. The maximum Gasteiger partial charge on any atom is 0.336 e. The zero-order valence-corrected chi connectivity index (χ0v) is 52.9. The number of carbonyl (C=O) groups is 3. The van der Waals surface area contributed by atoms with Crippen LogP contribution in [0.5, 0.6) is 0 Å². The maximum absolute atomic E-state index is 13.6. The van der Waals surface area contributed by atoms with Gasteiger partial charge in [-0.1, -0.05) is 252 Å². The fourth-order valence-electron chi connectivity index (χ4n) is 9.66. The van der Waals surface area contributed by atoms with Gasteiger partial charge in [0, 0.05) is 17.3 Å². The number of ether oxygens (including phenoxy) is 3. The molecular formula is C63H117N3O9S3. The van der Waals surface area contributed by atoms with Crippen LogP contribution in [0.2, 0.25) is 0 Å². The van der Waals surface area contributed by atoms with Gasteiger partial charge in [0.1, 0.15) is 19.8 Å². The van der Waals surface area contributed by atoms with Crippen LogP contribution in [0.4, 0.5) is 0 Å². The second-order valence-electron chi connectivity index (χ2n) is 21.8. The minimum atomic E-state index is -0.882. The van der Waals surface area contributed by atoms with E-state index in [0.29, 0.717) is 17.3 Å². The summed E-state index contributed by atoms with van der Waals surface area (Å²) in [6, 6.07) is 0. The van der Waals surface area contributed by atoms with Crippen molar-refractivity contribution in [1.29, 1.82) is 0 Å². The molecule has 0 N–H and O–H groups in total. The largest absolute Gasteiger partial charge is 0.464 e. The first-order chi connectivity index (χ1) is 38.3. The molecule has 0 spiro atoms. The highest BCUT2D eigenvalue weighted by Crippen LogP contribution is 2.18. The van der Waals surface area contributed by atoms with Gasteiger partial charge in [-0.3, -0.25) is 14.4 Å². The van der Waals surface area contributed by atoms with Crippen molar-refractivity contribution < 1.29 is 28.6 Å². The van der Waals surface area contributed by atoms with E-state index in [-0.39, 0.29) is 58.7 Å². The first-order valence-electron chi connectivity index (χ1n) is 32.4. The van der Waals surface area contributed by atoms with Gasteiger partial charge in [0.15, 0.2) is 0 Å². The predicted octanol–water partition coefficient (Wildman–Crippen LogP) is 16.4. The Balaban J connectivity index is 2.55. The molecule has 456 valence electrons. The molecule has 1 heterocycles. The summed E-state index contributed by atoms with van der Waals surface area (Å²) in [7, 11) is 0. The smallest absolute Gasteiger partial charge is 0.336 e. The van der Waals surface area contributed by atoms with Crippen molar-refractivity contribution in [3.8, 4) is 0 Å². The molecule has 0 aliphatic carbocycles. The quantitative estimate of drug-likeness (QED) is 0.0348. The van der Waals surface area contributed by atoms with Crippen LogP contribution in [-0.4, -0.2) is 85.9 Å². The maximum atomic E-state index is 13.6. The zero-order valence-electron chi connectivity index (χ0n) is 50.4. The van der Waals surface area contributed by atoms with Crippen molar-refractivity contribution in [3.05, 3.63) is 31.5 Å². The van der Waals surface area contributed by atoms with Crippen LogP contribution in [-0.2, 0) is 48.2 Å². The monoisotopic (exact) mass is 1160 g/mol. The van der Waals surface area contributed by atoms with Crippen molar-refractivity contribution >= 4 is 53.2 Å². The van der Waals surface area contributed by atoms with Crippen LogP contribution in [0, 0.1) is 0 Å². The van der Waals surface area contributed by atoms with E-state index >= 15 is 0 Å². The first kappa shape index (κ1) is 73.9. The van der Waals surface area contributed by atoms with Crippen molar-refractivity contribution in [3.63, 3.8) is 0 Å². The first-order valence-corrected chi connectivity index (χ1v) is 35.9. The molecule has 0 atom stereocenters. The minimum Gasteiger partial charge on any atom is -0.464 e. The molecule has 0 aliphatic heterocycles. The van der Waals surface area contributed by atoms with Gasteiger partial charge in [-0.05, 0) is 36.5 Å². The molecule has 0 fully saturated rings. The third kappa shape index (κ3) is 44.5. The van der Waals surface area contributed by atoms with Crippen LogP contribution in [0.15, 0.2) is 14.4 Å². The third-order valence-electron chi connectivity index (χ3n) is 14.6. The molecule has 12 nitrogen and oxygen atoms in total. The molecule has 0 bridgehead atoms. The molecule has 0 unspecified atom stereocenters. The van der Waals surface area contributed by atoms with Gasteiger partial charge >= 0.3 is 35.0 Å². The SMILES string of the molecule is CCCCCCCCCCCCCCCSCCC(=O)OCCn1c(=O)n(CCOC(=O)CCSCCCCCCCCCCCCCCC)c(=O)n(CCOC(=O)CCSCCCCCCCCCCCCCCC)c1=O. The Kier molecular flexibility index (Phi) is 53.7. The van der Waals surface area contributed by atoms with Crippen LogP contribution in [0.1, 0.15) is 290 Å². The molecule has 0 saturated heterocycles. The van der Waals surface area contributed by atoms with E-state index in [9.17, 15) is 28.8 Å². The predicted molar refractivity (Wildman–Crippen MR) is 335 cm³/mol. The lowest BCUT2D eigenvalue weighted by Crippen LogP contribution is -2.55. The Hall–Kier alpha value is -2.13. The summed E-state index contributed by atoms with van der Waals surface area (Å²) in [5, 5.41) is 0. The molecule has 0 saturated carbocycles. The van der Waals surface area contributed by atoms with E-state index < -0.39 is 35.0 Å². The summed E-state index contributed by atoms with van der Waals surface area (Å²) < 4.78 is 18.9. The van der Waals surface area contributed by atoms with Gasteiger partial charge in [0.25, 0.3) is 0 Å². The van der Waals surface area contributed by atoms with Crippen LogP contribution < -0.4 is 17.1 Å². The van der Waals surface area contributed by atoms with E-state index in [4.69, 9.17) is 14.2 Å². The van der Waals surface area contributed by atoms with Crippen molar-refractivity contribution in [2.75, 3.05) is 54.3 Å². The number of rotatable bonds is 60. The number of aromatic nitrogens is 3. The van der Waals surface area contributed by atoms with E-state index in [0.717, 1.165) is 50.2 Å². The summed E-state index contributed by atoms with van der Waals surface area (Å²) in [5.74, 6) is 3.60. The second kappa shape index (κ2) is 56.7. The van der Waals surface area contributed by atoms with Gasteiger partial charge in [-0.25, -0.2) is 28.1 Å². The summed E-state index contributed by atoms with van der Waals surface area (Å²) in [5.41, 5.74) is -2.65. The highest BCUT2D eigenvalue weighted by atomic mass is 32.2. The fourth-order valence-corrected chi connectivity index (χ4v) is 12.4. The van der Waals surface area contributed by atoms with Crippen molar-refractivity contribution in [2.45, 2.75) is 310 Å². The molecule has 15 heteroatoms. The lowest BCUT2D eigenvalue weighted by Gasteiger charge is -2.14. The summed E-state index contributed by atoms with van der Waals surface area (Å²) in [6.07, 6.45) is 51.8. The van der Waals surface area contributed by atoms with Gasteiger partial charge in [0.2, 0.25) is 0 Å². The molecule has 0 aliphatic rings. The average molecular weight is 1160 g/mol. The van der Waals surface area contributed by atoms with Gasteiger partial charge in [0.05, 0.1) is 38.9 Å². The minimum absolute atomic E-state index is 0.217. The standard InChI is InChI=1S/C63H117N3O9S3/c1-4-7-10-13-16-19-22-25-28-31-34-37-40-52-76-55-43-58(67)73-49-46-64-61(70)65(47-50-74-59(68)44-56-77-53-41-38-35-32-29-26-23-20-17-14-11-8-5-2)63(72)66(62(64)71)48-51-75-60(69)45-57-78-54-42-39-36-33-30-27-24-21-18-15-12-9-6-3/h4-57H2,1-3H3. The lowest BCUT2D eigenvalue weighted by atomic mass is 10.1. The van der Waals surface area contributed by atoms with E-state index in [1.165, 1.54) is 231 Å². The zero-order chi connectivity index (χ0) is 56.6. The Labute approximate surface area is 488 Å². The number of thioether (sulfide) groups is 3. The molecule has 78 heavy (non-hydrogen) atoms. The molecular weight excluding hydrogens is 1040 g/mol. The van der Waals surface area contributed by atoms with Crippen molar-refractivity contribution in [1.82, 2.24) is 13.7 Å². The average Bonchev–Trinajstić information content (AvgIpc) is 3.46. The lowest BCUT2D eigenvalue weighted by molar-refractivity contribution is -0.144. The van der Waals surface area contributed by atoms with Crippen LogP contribution in [0.3, 0.4) is 0 Å². The second-order valence-corrected chi connectivity index (χ2v) is 25.5. The van der Waals surface area contributed by atoms with Crippen LogP contribution >= 0.6 is 35.3 Å². The van der Waals surface area contributed by atoms with Gasteiger partial charge in [-0.15, -0.1) is 0 Å². The number of hydrogen-bond donors (Lipinski definition) is 0. The topological polar surface area (TPSA) is 145 Å². The van der Waals surface area contributed by atoms with Crippen molar-refractivity contribution in [2.24, 2.45) is 0 Å². The van der Waals surface area contributed by atoms with Crippen LogP contribution in [0.25, 0.3) is 0 Å². The van der Waals surface area contributed by atoms with E-state index in [2.05, 4.69) is 20.8 Å². The van der Waals surface area contributed by atoms with E-state index in [1.807, 2.05) is 0 Å². The molecule has 0 radical (unpaired) electrons. The number of carbonyl (C=O) groups excluding carboxylic acids is 3. The highest BCUT2D eigenvalue weighted by Gasteiger charge is 2.18. The normalized spacial score (nSPS) is 11.4. The summed E-state index contributed by atoms with van der Waals surface area (Å²) >= 11 is 5.19.